The van der Waals surface area contributed by atoms with E-state index in [0.717, 1.165) is 10.6 Å². The molecule has 0 aliphatic heterocycles. The molecule has 0 unspecified atom stereocenters. The van der Waals surface area contributed by atoms with Gasteiger partial charge in [-0.1, -0.05) is 0 Å². The molecule has 0 radical (unpaired) electrons. The fourth-order valence-corrected chi connectivity index (χ4v) is 2.78. The topological polar surface area (TPSA) is 62.2 Å². The molecule has 17 heavy (non-hydrogen) atoms. The van der Waals surface area contributed by atoms with Crippen LogP contribution in [0.5, 0.6) is 0 Å². The van der Waals surface area contributed by atoms with Gasteiger partial charge in [-0.05, 0) is 17.9 Å². The number of nitrogens with one attached hydrogen (secondary N) is 1. The Bertz CT molecular complexity index is 479. The summed E-state index contributed by atoms with van der Waals surface area (Å²) >= 11 is 3.07. The highest BCUT2D eigenvalue weighted by atomic mass is 32.1. The van der Waals surface area contributed by atoms with Gasteiger partial charge in [0, 0.05) is 29.5 Å². The minimum Gasteiger partial charge on any atom is -0.396 e. The lowest BCUT2D eigenvalue weighted by Crippen LogP contribution is -2.25. The number of aliphatic hydroxyl groups excluding tert-OH is 1. The largest absolute Gasteiger partial charge is 0.396 e. The van der Waals surface area contributed by atoms with Crippen LogP contribution in [0.4, 0.5) is 0 Å². The molecule has 4 nitrogen and oxygen atoms in total. The van der Waals surface area contributed by atoms with Gasteiger partial charge in [0.15, 0.2) is 0 Å². The van der Waals surface area contributed by atoms with Gasteiger partial charge in [-0.25, -0.2) is 4.98 Å². The molecule has 90 valence electrons. The molecule has 0 spiro atoms. The van der Waals surface area contributed by atoms with Gasteiger partial charge in [-0.2, -0.15) is 11.3 Å². The highest BCUT2D eigenvalue weighted by Gasteiger charge is 2.11. The molecular weight excluding hydrogens is 256 g/mol. The molecule has 6 heteroatoms. The highest BCUT2D eigenvalue weighted by molar-refractivity contribution is 7.14. The Morgan fingerprint density at radius 3 is 3.06 bits per heavy atom. The van der Waals surface area contributed by atoms with Crippen LogP contribution in [0.25, 0.3) is 10.6 Å². The van der Waals surface area contributed by atoms with E-state index in [0.29, 0.717) is 18.7 Å². The van der Waals surface area contributed by atoms with Crippen molar-refractivity contribution >= 4 is 28.6 Å². The van der Waals surface area contributed by atoms with Gasteiger partial charge >= 0.3 is 0 Å². The number of hydrogen-bond acceptors (Lipinski definition) is 5. The molecule has 1 amide bonds. The van der Waals surface area contributed by atoms with Crippen molar-refractivity contribution in [1.82, 2.24) is 10.3 Å². The Kier molecular flexibility index (Phi) is 4.24. The average molecular weight is 268 g/mol. The first-order valence-corrected chi connectivity index (χ1v) is 7.00. The molecule has 0 aromatic carbocycles. The zero-order valence-corrected chi connectivity index (χ0v) is 10.7. The van der Waals surface area contributed by atoms with E-state index >= 15 is 0 Å². The van der Waals surface area contributed by atoms with Crippen LogP contribution in [0, 0.1) is 0 Å². The van der Waals surface area contributed by atoms with Crippen molar-refractivity contribution in [2.24, 2.45) is 0 Å². The van der Waals surface area contributed by atoms with E-state index in [1.54, 1.807) is 16.7 Å². The first-order valence-electron chi connectivity index (χ1n) is 5.18. The molecule has 0 saturated heterocycles. The van der Waals surface area contributed by atoms with Crippen LogP contribution in [0.15, 0.2) is 22.2 Å². The number of carbonyl (C=O) groups is 1. The van der Waals surface area contributed by atoms with Gasteiger partial charge in [-0.15, -0.1) is 11.3 Å². The summed E-state index contributed by atoms with van der Waals surface area (Å²) in [7, 11) is 0. The van der Waals surface area contributed by atoms with Crippen molar-refractivity contribution in [2.45, 2.75) is 6.42 Å². The van der Waals surface area contributed by atoms with Gasteiger partial charge in [0.05, 0.1) is 0 Å². The van der Waals surface area contributed by atoms with Crippen LogP contribution >= 0.6 is 22.7 Å². The van der Waals surface area contributed by atoms with Crippen LogP contribution in [0.2, 0.25) is 0 Å². The van der Waals surface area contributed by atoms with Gasteiger partial charge in [0.1, 0.15) is 10.7 Å². The van der Waals surface area contributed by atoms with E-state index in [1.165, 1.54) is 11.3 Å². The Morgan fingerprint density at radius 2 is 2.35 bits per heavy atom. The van der Waals surface area contributed by atoms with E-state index < -0.39 is 0 Å². The van der Waals surface area contributed by atoms with Crippen LogP contribution in [-0.4, -0.2) is 29.1 Å². The number of hydrogen-bond donors (Lipinski definition) is 2. The minimum absolute atomic E-state index is 0.0809. The van der Waals surface area contributed by atoms with Crippen molar-refractivity contribution in [2.75, 3.05) is 13.2 Å². The summed E-state index contributed by atoms with van der Waals surface area (Å²) < 4.78 is 0. The third kappa shape index (κ3) is 3.12. The zero-order chi connectivity index (χ0) is 12.1. The quantitative estimate of drug-likeness (QED) is 0.815. The van der Waals surface area contributed by atoms with Gasteiger partial charge in [0.2, 0.25) is 0 Å². The number of thiophene rings is 1. The van der Waals surface area contributed by atoms with E-state index in [-0.39, 0.29) is 12.5 Å². The Labute approximate surface area is 107 Å². The summed E-state index contributed by atoms with van der Waals surface area (Å²) in [5, 5.41) is 17.9. The summed E-state index contributed by atoms with van der Waals surface area (Å²) in [5.41, 5.74) is 1.49. The van der Waals surface area contributed by atoms with E-state index in [2.05, 4.69) is 10.3 Å². The summed E-state index contributed by atoms with van der Waals surface area (Å²) in [6.45, 7) is 0.554. The van der Waals surface area contributed by atoms with Crippen molar-refractivity contribution in [3.63, 3.8) is 0 Å². The van der Waals surface area contributed by atoms with Crippen LogP contribution < -0.4 is 5.32 Å². The second kappa shape index (κ2) is 5.90. The minimum atomic E-state index is -0.184. The lowest BCUT2D eigenvalue weighted by molar-refractivity contribution is 0.0947. The molecule has 0 fully saturated rings. The number of rotatable bonds is 5. The van der Waals surface area contributed by atoms with E-state index in [4.69, 9.17) is 5.11 Å². The number of aromatic nitrogens is 1. The van der Waals surface area contributed by atoms with Crippen molar-refractivity contribution in [1.29, 1.82) is 0 Å². The Balaban J connectivity index is 2.01. The zero-order valence-electron chi connectivity index (χ0n) is 9.05. The van der Waals surface area contributed by atoms with E-state index in [9.17, 15) is 4.79 Å². The maximum absolute atomic E-state index is 11.7. The smallest absolute Gasteiger partial charge is 0.270 e. The normalized spacial score (nSPS) is 10.4. The second-order valence-electron chi connectivity index (χ2n) is 3.38. The van der Waals surface area contributed by atoms with Gasteiger partial charge in [-0.3, -0.25) is 4.79 Å². The predicted octanol–water partition coefficient (Wildman–Crippen LogP) is 1.98. The number of carbonyl (C=O) groups excluding carboxylic acids is 1. The Hall–Kier alpha value is -1.24. The molecule has 2 rings (SSSR count). The standard InChI is InChI=1S/C11H12N2O2S2/c14-4-1-3-12-10(15)9-7-17-11(13-9)8-2-5-16-6-8/h2,5-7,14H,1,3-4H2,(H,12,15). The highest BCUT2D eigenvalue weighted by Crippen LogP contribution is 2.25. The van der Waals surface area contributed by atoms with Crippen molar-refractivity contribution in [3.8, 4) is 10.6 Å². The van der Waals surface area contributed by atoms with Crippen LogP contribution in [0.1, 0.15) is 16.9 Å². The first kappa shape index (κ1) is 12.2. The fourth-order valence-electron chi connectivity index (χ4n) is 1.27. The summed E-state index contributed by atoms with van der Waals surface area (Å²) in [6, 6.07) is 1.98. The van der Waals surface area contributed by atoms with Crippen molar-refractivity contribution < 1.29 is 9.90 Å². The first-order chi connectivity index (χ1) is 8.31. The molecular formula is C11H12N2O2S2. The molecule has 2 aromatic heterocycles. The number of nitrogens with zero attached hydrogens (tertiary/aromatic N) is 1. The third-order valence-electron chi connectivity index (χ3n) is 2.13. The second-order valence-corrected chi connectivity index (χ2v) is 5.02. The maximum atomic E-state index is 11.7. The van der Waals surface area contributed by atoms with Gasteiger partial charge in [0.25, 0.3) is 5.91 Å². The summed E-state index contributed by atoms with van der Waals surface area (Å²) in [4.78, 5) is 15.9. The van der Waals surface area contributed by atoms with Gasteiger partial charge < -0.3 is 10.4 Å². The third-order valence-corrected chi connectivity index (χ3v) is 3.70. The Morgan fingerprint density at radius 1 is 1.47 bits per heavy atom. The lowest BCUT2D eigenvalue weighted by Gasteiger charge is -2.00. The molecule has 0 saturated carbocycles. The van der Waals surface area contributed by atoms with Crippen LogP contribution in [0.3, 0.4) is 0 Å². The monoisotopic (exact) mass is 268 g/mol. The molecule has 0 bridgehead atoms. The predicted molar refractivity (Wildman–Crippen MR) is 69.5 cm³/mol. The molecule has 2 heterocycles. The molecule has 2 N–H and O–H groups in total. The fraction of sp³-hybridized carbons (Fsp3) is 0.273. The molecule has 0 aliphatic rings. The number of thiazole rings is 1. The summed E-state index contributed by atoms with van der Waals surface area (Å²) in [6.07, 6.45) is 0.563. The molecule has 0 aliphatic carbocycles. The maximum Gasteiger partial charge on any atom is 0.270 e. The number of aliphatic hydroxyl groups is 1. The SMILES string of the molecule is O=C(NCCCO)c1csc(-c2ccsc2)n1. The molecule has 0 atom stereocenters. The number of amides is 1. The molecule has 2 aromatic rings. The summed E-state index contributed by atoms with van der Waals surface area (Å²) in [5.74, 6) is -0.184. The lowest BCUT2D eigenvalue weighted by atomic mass is 10.3. The van der Waals surface area contributed by atoms with Crippen LogP contribution in [-0.2, 0) is 0 Å². The average Bonchev–Trinajstić information content (AvgIpc) is 3.00. The van der Waals surface area contributed by atoms with Crippen molar-refractivity contribution in [3.05, 3.63) is 27.9 Å². The van der Waals surface area contributed by atoms with E-state index in [1.807, 2.05) is 16.8 Å².